The average Bonchev–Trinajstić information content (AvgIpc) is 3.22. The van der Waals surface area contributed by atoms with Crippen LogP contribution in [0.25, 0.3) is 0 Å². The summed E-state index contributed by atoms with van der Waals surface area (Å²) in [6, 6.07) is 7.08. The fourth-order valence-electron chi connectivity index (χ4n) is 4.48. The van der Waals surface area contributed by atoms with Gasteiger partial charge in [-0.25, -0.2) is 8.42 Å². The molecule has 0 bridgehead atoms. The largest absolute Gasteiger partial charge is 0.279 e. The summed E-state index contributed by atoms with van der Waals surface area (Å²) in [5.41, 5.74) is 8.29. The Morgan fingerprint density at radius 1 is 1.03 bits per heavy atom. The molecule has 1 aliphatic heterocycles. The lowest BCUT2D eigenvalue weighted by atomic mass is 9.90. The second-order valence-corrected chi connectivity index (χ2v) is 12.3. The number of sulfonamides is 1. The minimum atomic E-state index is -3.58. The number of carbonyl (C=O) groups is 2. The minimum Gasteiger partial charge on any atom is -0.273 e. The van der Waals surface area contributed by atoms with Crippen LogP contribution >= 0.6 is 11.3 Å². The fraction of sp³-hybridized carbons (Fsp3) is 0.500. The molecule has 2 amide bonds. The van der Waals surface area contributed by atoms with E-state index in [1.165, 1.54) is 26.1 Å². The molecular formula is C24H31N3O4S2. The molecule has 1 aliphatic carbocycles. The van der Waals surface area contributed by atoms with Gasteiger partial charge in [0.1, 0.15) is 0 Å². The van der Waals surface area contributed by atoms with E-state index in [9.17, 15) is 18.0 Å². The van der Waals surface area contributed by atoms with Gasteiger partial charge in [-0.1, -0.05) is 13.0 Å². The van der Waals surface area contributed by atoms with Crippen molar-refractivity contribution in [3.63, 3.8) is 0 Å². The molecule has 9 heteroatoms. The van der Waals surface area contributed by atoms with Crippen LogP contribution in [0.5, 0.6) is 0 Å². The summed E-state index contributed by atoms with van der Waals surface area (Å²) in [6.07, 6.45) is 3.97. The van der Waals surface area contributed by atoms with Crippen LogP contribution in [0.1, 0.15) is 57.4 Å². The highest BCUT2D eigenvalue weighted by molar-refractivity contribution is 7.89. The summed E-state index contributed by atoms with van der Waals surface area (Å²) < 4.78 is 27.4. The van der Waals surface area contributed by atoms with Gasteiger partial charge in [0.05, 0.1) is 9.77 Å². The quantitative estimate of drug-likeness (QED) is 0.644. The standard InChI is InChI=1S/C24H31N3O4S2/c1-15-4-7-21-19(12-15)14-22(32-21)24(29)26-25-23(28)18-8-10-27(11-9-18)33(30,31)20-6-5-16(2)17(3)13-20/h5-6,13-15,18H,4,7-12H2,1-3H3,(H,25,28)(H,26,29). The molecule has 178 valence electrons. The first-order valence-electron chi connectivity index (χ1n) is 11.4. The molecule has 1 fully saturated rings. The van der Waals surface area contributed by atoms with E-state index in [-0.39, 0.29) is 35.7 Å². The Kier molecular flexibility index (Phi) is 6.93. The van der Waals surface area contributed by atoms with E-state index in [1.807, 2.05) is 26.0 Å². The number of hydrogen-bond acceptors (Lipinski definition) is 5. The second kappa shape index (κ2) is 9.56. The minimum absolute atomic E-state index is 0.275. The number of piperidine rings is 1. The van der Waals surface area contributed by atoms with Gasteiger partial charge >= 0.3 is 0 Å². The number of benzene rings is 1. The van der Waals surface area contributed by atoms with Crippen molar-refractivity contribution in [2.45, 2.75) is 57.8 Å². The zero-order valence-electron chi connectivity index (χ0n) is 19.3. The summed E-state index contributed by atoms with van der Waals surface area (Å²) in [6.45, 7) is 6.61. The third kappa shape index (κ3) is 5.15. The Morgan fingerprint density at radius 2 is 1.76 bits per heavy atom. The molecular weight excluding hydrogens is 458 g/mol. The molecule has 0 spiro atoms. The summed E-state index contributed by atoms with van der Waals surface area (Å²) in [7, 11) is -3.58. The molecule has 2 aromatic rings. The Balaban J connectivity index is 1.29. The Bertz CT molecular complexity index is 1160. The van der Waals surface area contributed by atoms with Crippen molar-refractivity contribution < 1.29 is 18.0 Å². The fourth-order valence-corrected chi connectivity index (χ4v) is 7.14. The Hall–Kier alpha value is -2.23. The van der Waals surface area contributed by atoms with Crippen LogP contribution in [0.3, 0.4) is 0 Å². The van der Waals surface area contributed by atoms with Crippen LogP contribution in [-0.2, 0) is 27.7 Å². The van der Waals surface area contributed by atoms with Crippen molar-refractivity contribution in [2.75, 3.05) is 13.1 Å². The predicted octanol–water partition coefficient (Wildman–Crippen LogP) is 3.35. The van der Waals surface area contributed by atoms with E-state index in [0.29, 0.717) is 23.6 Å². The summed E-state index contributed by atoms with van der Waals surface area (Å²) in [4.78, 5) is 27.3. The highest BCUT2D eigenvalue weighted by atomic mass is 32.2. The second-order valence-electron chi connectivity index (χ2n) is 9.27. The number of aryl methyl sites for hydroxylation is 3. The molecule has 2 N–H and O–H groups in total. The molecule has 1 atom stereocenters. The normalized spacial score (nSPS) is 19.7. The monoisotopic (exact) mass is 489 g/mol. The number of nitrogens with zero attached hydrogens (tertiary/aromatic N) is 1. The molecule has 33 heavy (non-hydrogen) atoms. The topological polar surface area (TPSA) is 95.6 Å². The van der Waals surface area contributed by atoms with E-state index in [4.69, 9.17) is 0 Å². The number of fused-ring (bicyclic) bond motifs is 1. The molecule has 1 aromatic carbocycles. The van der Waals surface area contributed by atoms with Crippen molar-refractivity contribution in [1.82, 2.24) is 15.2 Å². The Morgan fingerprint density at radius 3 is 2.45 bits per heavy atom. The molecule has 2 heterocycles. The van der Waals surface area contributed by atoms with Gasteiger partial charge in [0, 0.05) is 23.9 Å². The number of carbonyl (C=O) groups excluding carboxylic acids is 2. The first-order valence-corrected chi connectivity index (χ1v) is 13.7. The van der Waals surface area contributed by atoms with E-state index in [1.54, 1.807) is 12.1 Å². The highest BCUT2D eigenvalue weighted by Crippen LogP contribution is 2.32. The zero-order valence-corrected chi connectivity index (χ0v) is 20.9. The first-order chi connectivity index (χ1) is 15.6. The summed E-state index contributed by atoms with van der Waals surface area (Å²) in [5, 5.41) is 0. The zero-order chi connectivity index (χ0) is 23.8. The Labute approximate surface area is 199 Å². The average molecular weight is 490 g/mol. The van der Waals surface area contributed by atoms with Crippen LogP contribution in [0.2, 0.25) is 0 Å². The van der Waals surface area contributed by atoms with Crippen molar-refractivity contribution in [2.24, 2.45) is 11.8 Å². The maximum absolute atomic E-state index is 13.0. The van der Waals surface area contributed by atoms with Gasteiger partial charge in [0.2, 0.25) is 15.9 Å². The van der Waals surface area contributed by atoms with Crippen molar-refractivity contribution in [3.05, 3.63) is 50.7 Å². The number of amides is 2. The lowest BCUT2D eigenvalue weighted by molar-refractivity contribution is -0.126. The third-order valence-corrected chi connectivity index (χ3v) is 9.92. The van der Waals surface area contributed by atoms with E-state index in [2.05, 4.69) is 17.8 Å². The summed E-state index contributed by atoms with van der Waals surface area (Å²) in [5.74, 6) is -0.284. The van der Waals surface area contributed by atoms with Crippen LogP contribution in [0.4, 0.5) is 0 Å². The molecule has 7 nitrogen and oxygen atoms in total. The first kappa shape index (κ1) is 23.9. The molecule has 2 aliphatic rings. The van der Waals surface area contributed by atoms with Crippen molar-refractivity contribution in [3.8, 4) is 0 Å². The molecule has 1 aromatic heterocycles. The number of nitrogens with one attached hydrogen (secondary N) is 2. The molecule has 0 saturated carbocycles. The van der Waals surface area contributed by atoms with Gasteiger partial charge in [0.25, 0.3) is 5.91 Å². The van der Waals surface area contributed by atoms with E-state index >= 15 is 0 Å². The summed E-state index contributed by atoms with van der Waals surface area (Å²) >= 11 is 1.50. The maximum atomic E-state index is 13.0. The van der Waals surface area contributed by atoms with Crippen LogP contribution in [0, 0.1) is 25.7 Å². The van der Waals surface area contributed by atoms with Crippen molar-refractivity contribution in [1.29, 1.82) is 0 Å². The van der Waals surface area contributed by atoms with E-state index < -0.39 is 10.0 Å². The van der Waals surface area contributed by atoms with Gasteiger partial charge in [-0.3, -0.25) is 20.4 Å². The van der Waals surface area contributed by atoms with Gasteiger partial charge in [-0.2, -0.15) is 4.31 Å². The van der Waals surface area contributed by atoms with Crippen molar-refractivity contribution >= 4 is 33.2 Å². The molecule has 0 radical (unpaired) electrons. The third-order valence-electron chi connectivity index (χ3n) is 6.79. The number of rotatable bonds is 4. The van der Waals surface area contributed by atoms with Crippen LogP contribution in [0.15, 0.2) is 29.2 Å². The maximum Gasteiger partial charge on any atom is 0.279 e. The molecule has 4 rings (SSSR count). The van der Waals surface area contributed by atoms with Crippen LogP contribution < -0.4 is 10.9 Å². The predicted molar refractivity (Wildman–Crippen MR) is 129 cm³/mol. The smallest absolute Gasteiger partial charge is 0.273 e. The van der Waals surface area contributed by atoms with Crippen LogP contribution in [-0.4, -0.2) is 37.6 Å². The lowest BCUT2D eigenvalue weighted by Gasteiger charge is -2.30. The van der Waals surface area contributed by atoms with Gasteiger partial charge in [-0.15, -0.1) is 11.3 Å². The SMILES string of the molecule is Cc1ccc(S(=O)(=O)N2CCC(C(=O)NNC(=O)c3cc4c(s3)CCC(C)C4)CC2)cc1C. The number of hydrazine groups is 1. The highest BCUT2D eigenvalue weighted by Gasteiger charge is 2.32. The number of hydrogen-bond donors (Lipinski definition) is 2. The van der Waals surface area contributed by atoms with Gasteiger partial charge in [0.15, 0.2) is 0 Å². The van der Waals surface area contributed by atoms with E-state index in [0.717, 1.165) is 30.4 Å². The lowest BCUT2D eigenvalue weighted by Crippen LogP contribution is -2.48. The molecule has 1 unspecified atom stereocenters. The number of thiophene rings is 1. The van der Waals surface area contributed by atoms with Gasteiger partial charge in [-0.05, 0) is 86.8 Å². The molecule has 1 saturated heterocycles. The van der Waals surface area contributed by atoms with Gasteiger partial charge < -0.3 is 0 Å².